The Kier molecular flexibility index (Phi) is 7.40. The minimum Gasteiger partial charge on any atom is -0.459 e. The lowest BCUT2D eigenvalue weighted by atomic mass is 10.0. The maximum absolute atomic E-state index is 12.3. The lowest BCUT2D eigenvalue weighted by Crippen LogP contribution is -2.32. The predicted octanol–water partition coefficient (Wildman–Crippen LogP) is 2.70. The van der Waals surface area contributed by atoms with Crippen molar-refractivity contribution in [3.63, 3.8) is 0 Å². The molecule has 9 heteroatoms. The Hall–Kier alpha value is -1.22. The van der Waals surface area contributed by atoms with E-state index >= 15 is 0 Å². The van der Waals surface area contributed by atoms with Crippen molar-refractivity contribution in [2.75, 3.05) is 18.1 Å². The van der Waals surface area contributed by atoms with Crippen LogP contribution < -0.4 is 0 Å². The summed E-state index contributed by atoms with van der Waals surface area (Å²) >= 11 is 1.60. The monoisotopic (exact) mass is 356 g/mol. The molecule has 5 nitrogen and oxygen atoms in total. The van der Waals surface area contributed by atoms with E-state index in [2.05, 4.69) is 11.3 Å². The first-order valence-corrected chi connectivity index (χ1v) is 8.13. The molecule has 0 aromatic rings. The quantitative estimate of drug-likeness (QED) is 0.539. The zero-order valence-corrected chi connectivity index (χ0v) is 13.7. The third kappa shape index (κ3) is 6.82. The number of hydrogen-bond acceptors (Lipinski definition) is 6. The molecule has 3 atom stereocenters. The van der Waals surface area contributed by atoms with Crippen molar-refractivity contribution in [3.05, 3.63) is 12.2 Å². The van der Waals surface area contributed by atoms with E-state index < -0.39 is 42.0 Å². The number of halogens is 3. The average molecular weight is 356 g/mol. The van der Waals surface area contributed by atoms with E-state index in [1.54, 1.807) is 18.7 Å². The summed E-state index contributed by atoms with van der Waals surface area (Å²) in [6.45, 7) is 6.10. The third-order valence-corrected chi connectivity index (χ3v) is 3.98. The Morgan fingerprint density at radius 1 is 1.39 bits per heavy atom. The van der Waals surface area contributed by atoms with Gasteiger partial charge >= 0.3 is 18.1 Å². The third-order valence-electron chi connectivity index (χ3n) is 3.02. The maximum Gasteiger partial charge on any atom is 0.422 e. The van der Waals surface area contributed by atoms with Crippen molar-refractivity contribution in [1.29, 1.82) is 0 Å². The molecule has 0 radical (unpaired) electrons. The van der Waals surface area contributed by atoms with Crippen LogP contribution in [0.4, 0.5) is 13.2 Å². The Balaban J connectivity index is 2.40. The van der Waals surface area contributed by atoms with Crippen LogP contribution >= 0.6 is 11.8 Å². The first-order valence-electron chi connectivity index (χ1n) is 6.98. The standard InChI is InChI=1S/C14H19F3O5S/c1-8(12(18)22-11-7-23-5-4-20-11)6-9(2)21-13(19)10(3)14(15,16)17/h8-9,11H,3-7H2,1-2H3. The van der Waals surface area contributed by atoms with Gasteiger partial charge in [0.05, 0.1) is 18.3 Å². The minimum absolute atomic E-state index is 0.0373. The van der Waals surface area contributed by atoms with Crippen LogP contribution in [-0.2, 0) is 23.8 Å². The van der Waals surface area contributed by atoms with E-state index in [9.17, 15) is 22.8 Å². The number of ether oxygens (including phenoxy) is 3. The fourth-order valence-corrected chi connectivity index (χ4v) is 2.53. The molecule has 0 saturated carbocycles. The zero-order valence-electron chi connectivity index (χ0n) is 12.9. The second-order valence-electron chi connectivity index (χ2n) is 5.14. The van der Waals surface area contributed by atoms with Gasteiger partial charge in [0.1, 0.15) is 11.7 Å². The highest BCUT2D eigenvalue weighted by atomic mass is 32.2. The minimum atomic E-state index is -4.84. The molecule has 1 aliphatic rings. The van der Waals surface area contributed by atoms with Crippen LogP contribution in [-0.4, -0.2) is 48.6 Å². The normalized spacial score (nSPS) is 21.2. The van der Waals surface area contributed by atoms with Crippen molar-refractivity contribution in [3.8, 4) is 0 Å². The lowest BCUT2D eigenvalue weighted by Gasteiger charge is -2.24. The number of rotatable bonds is 6. The van der Waals surface area contributed by atoms with Gasteiger partial charge in [0.25, 0.3) is 0 Å². The molecule has 0 spiro atoms. The highest BCUT2D eigenvalue weighted by Crippen LogP contribution is 2.26. The summed E-state index contributed by atoms with van der Waals surface area (Å²) in [5.74, 6) is -1.37. The van der Waals surface area contributed by atoms with Crippen LogP contribution in [0.1, 0.15) is 20.3 Å². The molecular weight excluding hydrogens is 337 g/mol. The second-order valence-corrected chi connectivity index (χ2v) is 6.29. The summed E-state index contributed by atoms with van der Waals surface area (Å²) in [6, 6.07) is 0. The van der Waals surface area contributed by atoms with Crippen LogP contribution in [0.3, 0.4) is 0 Å². The molecule has 23 heavy (non-hydrogen) atoms. The van der Waals surface area contributed by atoms with Gasteiger partial charge in [0, 0.05) is 5.75 Å². The first-order chi connectivity index (χ1) is 10.6. The number of hydrogen-bond donors (Lipinski definition) is 0. The summed E-state index contributed by atoms with van der Waals surface area (Å²) in [7, 11) is 0. The van der Waals surface area contributed by atoms with Crippen LogP contribution in [0.25, 0.3) is 0 Å². The number of carbonyl (C=O) groups is 2. The maximum atomic E-state index is 12.3. The van der Waals surface area contributed by atoms with E-state index in [0.29, 0.717) is 12.4 Å². The average Bonchev–Trinajstić information content (AvgIpc) is 2.46. The molecule has 0 aliphatic carbocycles. The molecule has 1 rings (SSSR count). The Labute approximate surface area is 136 Å². The number of esters is 2. The van der Waals surface area contributed by atoms with Crippen LogP contribution in [0.5, 0.6) is 0 Å². The largest absolute Gasteiger partial charge is 0.459 e. The topological polar surface area (TPSA) is 61.8 Å². The van der Waals surface area contributed by atoms with E-state index in [-0.39, 0.29) is 6.42 Å². The molecule has 1 heterocycles. The van der Waals surface area contributed by atoms with Gasteiger partial charge in [-0.1, -0.05) is 13.5 Å². The van der Waals surface area contributed by atoms with Crippen molar-refractivity contribution in [2.45, 2.75) is 38.8 Å². The van der Waals surface area contributed by atoms with Crippen molar-refractivity contribution in [2.24, 2.45) is 5.92 Å². The molecule has 1 fully saturated rings. The number of thioether (sulfide) groups is 1. The molecular formula is C14H19F3O5S. The summed E-state index contributed by atoms with van der Waals surface area (Å²) in [4.78, 5) is 23.2. The summed E-state index contributed by atoms with van der Waals surface area (Å²) in [5, 5.41) is 0. The SMILES string of the molecule is C=C(C(=O)OC(C)CC(C)C(=O)OC1CSCCO1)C(F)(F)F. The number of alkyl halides is 3. The van der Waals surface area contributed by atoms with Gasteiger partial charge < -0.3 is 14.2 Å². The predicted molar refractivity (Wildman–Crippen MR) is 77.7 cm³/mol. The van der Waals surface area contributed by atoms with Crippen molar-refractivity contribution in [1.82, 2.24) is 0 Å². The van der Waals surface area contributed by atoms with E-state index in [1.165, 1.54) is 6.92 Å². The summed E-state index contributed by atoms with van der Waals surface area (Å²) in [5.41, 5.74) is -1.58. The highest BCUT2D eigenvalue weighted by Gasteiger charge is 2.38. The zero-order chi connectivity index (χ0) is 17.6. The van der Waals surface area contributed by atoms with E-state index in [0.717, 1.165) is 5.75 Å². The molecule has 0 amide bonds. The Bertz CT molecular complexity index is 446. The molecule has 0 bridgehead atoms. The number of carbonyl (C=O) groups excluding carboxylic acids is 2. The van der Waals surface area contributed by atoms with Crippen LogP contribution in [0.2, 0.25) is 0 Å². The Morgan fingerprint density at radius 3 is 2.57 bits per heavy atom. The van der Waals surface area contributed by atoms with Crippen LogP contribution in [0.15, 0.2) is 12.2 Å². The van der Waals surface area contributed by atoms with Gasteiger partial charge in [-0.3, -0.25) is 4.79 Å². The second kappa shape index (κ2) is 8.58. The van der Waals surface area contributed by atoms with E-state index in [1.807, 2.05) is 0 Å². The van der Waals surface area contributed by atoms with Crippen molar-refractivity contribution < 1.29 is 37.0 Å². The molecule has 3 unspecified atom stereocenters. The fourth-order valence-electron chi connectivity index (χ4n) is 1.79. The summed E-state index contributed by atoms with van der Waals surface area (Å²) < 4.78 is 52.0. The van der Waals surface area contributed by atoms with Gasteiger partial charge in [-0.25, -0.2) is 4.79 Å². The molecule has 132 valence electrons. The Morgan fingerprint density at radius 2 is 2.04 bits per heavy atom. The smallest absolute Gasteiger partial charge is 0.422 e. The first kappa shape index (κ1) is 19.8. The molecule has 0 aromatic heterocycles. The van der Waals surface area contributed by atoms with Crippen molar-refractivity contribution >= 4 is 23.7 Å². The van der Waals surface area contributed by atoms with Crippen LogP contribution in [0, 0.1) is 5.92 Å². The molecule has 1 aliphatic heterocycles. The van der Waals surface area contributed by atoms with Gasteiger partial charge in [-0.15, -0.1) is 0 Å². The highest BCUT2D eigenvalue weighted by molar-refractivity contribution is 7.99. The summed E-state index contributed by atoms with van der Waals surface area (Å²) in [6.07, 6.45) is -6.30. The lowest BCUT2D eigenvalue weighted by molar-refractivity contribution is -0.179. The van der Waals surface area contributed by atoms with Gasteiger partial charge in [-0.05, 0) is 13.3 Å². The van der Waals surface area contributed by atoms with Gasteiger partial charge in [0.2, 0.25) is 6.29 Å². The van der Waals surface area contributed by atoms with Gasteiger partial charge in [0.15, 0.2) is 0 Å². The van der Waals surface area contributed by atoms with Gasteiger partial charge in [-0.2, -0.15) is 24.9 Å². The fraction of sp³-hybridized carbons (Fsp3) is 0.714. The van der Waals surface area contributed by atoms with E-state index in [4.69, 9.17) is 9.47 Å². The molecule has 0 N–H and O–H groups in total. The molecule has 0 aromatic carbocycles. The molecule has 1 saturated heterocycles.